The molecule has 7 heteroatoms. The number of hydrogen-bond acceptors (Lipinski definition) is 6. The summed E-state index contributed by atoms with van der Waals surface area (Å²) in [6, 6.07) is 7.12. The quantitative estimate of drug-likeness (QED) is 0.600. The molecule has 0 bridgehead atoms. The van der Waals surface area contributed by atoms with E-state index in [9.17, 15) is 4.79 Å². The number of ether oxygens (including phenoxy) is 1. The maximum absolute atomic E-state index is 10.2. The van der Waals surface area contributed by atoms with Crippen molar-refractivity contribution in [1.29, 1.82) is 0 Å². The van der Waals surface area contributed by atoms with Gasteiger partial charge in [0, 0.05) is 0 Å². The van der Waals surface area contributed by atoms with E-state index in [1.165, 1.54) is 11.8 Å². The van der Waals surface area contributed by atoms with Gasteiger partial charge in [-0.15, -0.1) is 10.2 Å². The van der Waals surface area contributed by atoms with Gasteiger partial charge in [0.1, 0.15) is 12.0 Å². The Morgan fingerprint density at radius 2 is 2.22 bits per heavy atom. The van der Waals surface area contributed by atoms with Crippen LogP contribution in [0.25, 0.3) is 0 Å². The Bertz CT molecular complexity index is 533. The first-order valence-corrected chi connectivity index (χ1v) is 6.42. The number of hydrogen-bond donors (Lipinski definition) is 0. The third kappa shape index (κ3) is 3.48. The van der Waals surface area contributed by atoms with Gasteiger partial charge in [0.25, 0.3) is 11.1 Å². The fraction of sp³-hybridized carbons (Fsp3) is 0.182. The third-order valence-corrected chi connectivity index (χ3v) is 2.94. The Labute approximate surface area is 112 Å². The second kappa shape index (κ2) is 6.42. The molecule has 0 N–H and O–H groups in total. The minimum Gasteiger partial charge on any atom is -0.482 e. The Morgan fingerprint density at radius 1 is 1.39 bits per heavy atom. The van der Waals surface area contributed by atoms with E-state index in [0.29, 0.717) is 21.9 Å². The fourth-order valence-electron chi connectivity index (χ4n) is 1.16. The van der Waals surface area contributed by atoms with Gasteiger partial charge in [-0.3, -0.25) is 0 Å². The number of halogens is 1. The van der Waals surface area contributed by atoms with Crippen LogP contribution in [-0.2, 0) is 11.4 Å². The standard InChI is InChI=1S/C11H9ClN2O3S/c12-8-3-1-2-4-9(8)16-7-10-13-14-11(17-10)18-6-5-15/h1-5H,6-7H2. The zero-order valence-corrected chi connectivity index (χ0v) is 10.8. The van der Waals surface area contributed by atoms with Crippen molar-refractivity contribution in [3.8, 4) is 5.75 Å². The second-order valence-electron chi connectivity index (χ2n) is 3.16. The van der Waals surface area contributed by atoms with E-state index in [-0.39, 0.29) is 12.4 Å². The zero-order valence-electron chi connectivity index (χ0n) is 9.21. The van der Waals surface area contributed by atoms with E-state index in [0.717, 1.165) is 6.29 Å². The summed E-state index contributed by atoms with van der Waals surface area (Å²) in [4.78, 5) is 10.2. The van der Waals surface area contributed by atoms with E-state index in [4.69, 9.17) is 20.8 Å². The minimum atomic E-state index is 0.137. The number of carbonyl (C=O) groups is 1. The molecule has 2 rings (SSSR count). The number of para-hydroxylation sites is 1. The van der Waals surface area contributed by atoms with Gasteiger partial charge in [0.2, 0.25) is 0 Å². The lowest BCUT2D eigenvalue weighted by molar-refractivity contribution is -0.105. The largest absolute Gasteiger partial charge is 0.482 e. The maximum Gasteiger partial charge on any atom is 0.277 e. The predicted molar refractivity (Wildman–Crippen MR) is 66.9 cm³/mol. The van der Waals surface area contributed by atoms with E-state index in [1.54, 1.807) is 12.1 Å². The predicted octanol–water partition coefficient (Wildman–Crippen LogP) is 2.59. The van der Waals surface area contributed by atoms with Crippen LogP contribution in [0.1, 0.15) is 5.89 Å². The first-order valence-electron chi connectivity index (χ1n) is 5.05. The number of rotatable bonds is 6. The molecule has 0 aliphatic heterocycles. The molecule has 0 amide bonds. The molecule has 0 aliphatic rings. The Morgan fingerprint density at radius 3 is 3.00 bits per heavy atom. The minimum absolute atomic E-state index is 0.137. The number of carbonyl (C=O) groups excluding carboxylic acids is 1. The van der Waals surface area contributed by atoms with Crippen LogP contribution in [0.4, 0.5) is 0 Å². The van der Waals surface area contributed by atoms with Gasteiger partial charge in [-0.1, -0.05) is 35.5 Å². The molecule has 0 saturated heterocycles. The van der Waals surface area contributed by atoms with Crippen LogP contribution < -0.4 is 4.74 Å². The molecule has 0 radical (unpaired) electrons. The molecule has 0 atom stereocenters. The van der Waals surface area contributed by atoms with Crippen molar-refractivity contribution in [3.63, 3.8) is 0 Å². The van der Waals surface area contributed by atoms with Crippen molar-refractivity contribution >= 4 is 29.6 Å². The van der Waals surface area contributed by atoms with Crippen LogP contribution in [0.15, 0.2) is 33.9 Å². The van der Waals surface area contributed by atoms with Crippen LogP contribution in [0.5, 0.6) is 5.75 Å². The molecule has 0 unspecified atom stereocenters. The van der Waals surface area contributed by atoms with E-state index >= 15 is 0 Å². The first kappa shape index (κ1) is 12.9. The Kier molecular flexibility index (Phi) is 4.60. The van der Waals surface area contributed by atoms with Crippen LogP contribution in [0.3, 0.4) is 0 Å². The Balaban J connectivity index is 1.92. The molecular weight excluding hydrogens is 276 g/mol. The molecule has 0 aliphatic carbocycles. The smallest absolute Gasteiger partial charge is 0.277 e. The SMILES string of the molecule is O=CCSc1nnc(COc2ccccc2Cl)o1. The van der Waals surface area contributed by atoms with Gasteiger partial charge in [-0.05, 0) is 12.1 Å². The molecule has 1 aromatic heterocycles. The lowest BCUT2D eigenvalue weighted by atomic mass is 10.3. The van der Waals surface area contributed by atoms with Gasteiger partial charge in [-0.2, -0.15) is 0 Å². The third-order valence-electron chi connectivity index (χ3n) is 1.91. The highest BCUT2D eigenvalue weighted by Crippen LogP contribution is 2.24. The van der Waals surface area contributed by atoms with Gasteiger partial charge in [-0.25, -0.2) is 0 Å². The number of benzene rings is 1. The van der Waals surface area contributed by atoms with Crippen molar-refractivity contribution in [2.24, 2.45) is 0 Å². The molecule has 5 nitrogen and oxygen atoms in total. The zero-order chi connectivity index (χ0) is 12.8. The van der Waals surface area contributed by atoms with Gasteiger partial charge < -0.3 is 13.9 Å². The maximum atomic E-state index is 10.2. The fourth-order valence-corrected chi connectivity index (χ4v) is 1.82. The van der Waals surface area contributed by atoms with Crippen LogP contribution in [0.2, 0.25) is 5.02 Å². The van der Waals surface area contributed by atoms with Crippen molar-refractivity contribution < 1.29 is 13.9 Å². The lowest BCUT2D eigenvalue weighted by Crippen LogP contribution is -1.95. The molecule has 0 fully saturated rings. The molecular formula is C11H9ClN2O3S. The molecule has 0 saturated carbocycles. The van der Waals surface area contributed by atoms with Crippen molar-refractivity contribution in [1.82, 2.24) is 10.2 Å². The summed E-state index contributed by atoms with van der Waals surface area (Å²) in [6.45, 7) is 0.137. The van der Waals surface area contributed by atoms with Gasteiger partial charge >= 0.3 is 0 Å². The summed E-state index contributed by atoms with van der Waals surface area (Å²) in [5.74, 6) is 1.18. The lowest BCUT2D eigenvalue weighted by Gasteiger charge is -2.04. The van der Waals surface area contributed by atoms with E-state index < -0.39 is 0 Å². The normalized spacial score (nSPS) is 10.3. The summed E-state index contributed by atoms with van der Waals surface area (Å²) < 4.78 is 10.7. The highest BCUT2D eigenvalue weighted by atomic mass is 35.5. The summed E-state index contributed by atoms with van der Waals surface area (Å²) >= 11 is 7.11. The number of aromatic nitrogens is 2. The summed E-state index contributed by atoms with van der Waals surface area (Å²) in [6.07, 6.45) is 0.773. The molecule has 2 aromatic rings. The molecule has 18 heavy (non-hydrogen) atoms. The molecule has 1 aromatic carbocycles. The average Bonchev–Trinajstić information content (AvgIpc) is 2.83. The first-order chi connectivity index (χ1) is 8.79. The number of thioether (sulfide) groups is 1. The summed E-state index contributed by atoms with van der Waals surface area (Å²) in [7, 11) is 0. The van der Waals surface area contributed by atoms with E-state index in [1.807, 2.05) is 12.1 Å². The van der Waals surface area contributed by atoms with Gasteiger partial charge in [0.05, 0.1) is 10.8 Å². The summed E-state index contributed by atoms with van der Waals surface area (Å²) in [5, 5.41) is 8.42. The summed E-state index contributed by atoms with van der Waals surface area (Å²) in [5.41, 5.74) is 0. The monoisotopic (exact) mass is 284 g/mol. The Hall–Kier alpha value is -1.53. The van der Waals surface area contributed by atoms with Crippen LogP contribution in [0, 0.1) is 0 Å². The topological polar surface area (TPSA) is 65.2 Å². The molecule has 0 spiro atoms. The number of aldehydes is 1. The molecule has 94 valence electrons. The van der Waals surface area contributed by atoms with Crippen LogP contribution >= 0.6 is 23.4 Å². The van der Waals surface area contributed by atoms with Crippen molar-refractivity contribution in [3.05, 3.63) is 35.2 Å². The van der Waals surface area contributed by atoms with Crippen molar-refractivity contribution in [2.45, 2.75) is 11.8 Å². The van der Waals surface area contributed by atoms with E-state index in [2.05, 4.69) is 10.2 Å². The second-order valence-corrected chi connectivity index (χ2v) is 4.54. The highest BCUT2D eigenvalue weighted by Gasteiger charge is 2.08. The molecule has 1 heterocycles. The van der Waals surface area contributed by atoms with Gasteiger partial charge in [0.15, 0.2) is 6.61 Å². The van der Waals surface area contributed by atoms with Crippen molar-refractivity contribution in [2.75, 3.05) is 5.75 Å². The van der Waals surface area contributed by atoms with Crippen LogP contribution in [-0.4, -0.2) is 22.2 Å². The highest BCUT2D eigenvalue weighted by molar-refractivity contribution is 7.99. The average molecular weight is 285 g/mol. The number of nitrogens with zero attached hydrogens (tertiary/aromatic N) is 2.